The molecule has 1 aromatic rings. The van der Waals surface area contributed by atoms with Gasteiger partial charge in [0.1, 0.15) is 5.75 Å². The summed E-state index contributed by atoms with van der Waals surface area (Å²) in [6, 6.07) is 3.98. The van der Waals surface area contributed by atoms with Crippen molar-refractivity contribution >= 4 is 11.9 Å². The predicted octanol–water partition coefficient (Wildman–Crippen LogP) is 1.97. The number of aliphatic carboxylic acids is 1. The van der Waals surface area contributed by atoms with Gasteiger partial charge in [0.2, 0.25) is 0 Å². The molecule has 0 radical (unpaired) electrons. The molecule has 0 fully saturated rings. The number of carbonyl (C=O) groups is 2. The molecular weight excluding hydrogens is 258 g/mol. The van der Waals surface area contributed by atoms with Gasteiger partial charge in [-0.3, -0.25) is 9.59 Å². The molecule has 5 heteroatoms. The Balaban J connectivity index is 2.42. The molecule has 0 saturated carbocycles. The topological polar surface area (TPSA) is 75.6 Å². The van der Waals surface area contributed by atoms with Gasteiger partial charge in [0.15, 0.2) is 6.61 Å². The number of ether oxygens (including phenoxy) is 1. The molecule has 0 aromatic heterocycles. The monoisotopic (exact) mass is 279 g/mol. The Morgan fingerprint density at radius 3 is 2.50 bits per heavy atom. The minimum Gasteiger partial charge on any atom is -0.483 e. The second-order valence-corrected chi connectivity index (χ2v) is 4.79. The van der Waals surface area contributed by atoms with Crippen molar-refractivity contribution in [3.8, 4) is 5.75 Å². The minimum absolute atomic E-state index is 0.0528. The molecule has 0 bridgehead atoms. The fourth-order valence-electron chi connectivity index (χ4n) is 1.80. The Morgan fingerprint density at radius 2 is 1.85 bits per heavy atom. The summed E-state index contributed by atoms with van der Waals surface area (Å²) < 4.78 is 5.56. The largest absolute Gasteiger partial charge is 0.483 e. The van der Waals surface area contributed by atoms with E-state index in [-0.39, 0.29) is 18.9 Å². The van der Waals surface area contributed by atoms with Crippen LogP contribution in [0.4, 0.5) is 0 Å². The van der Waals surface area contributed by atoms with Gasteiger partial charge in [-0.15, -0.1) is 0 Å². The number of carboxylic acids is 1. The number of aryl methyl sites for hydroxylation is 2. The van der Waals surface area contributed by atoms with Gasteiger partial charge in [-0.05, 0) is 43.9 Å². The lowest BCUT2D eigenvalue weighted by Crippen LogP contribution is -2.30. The molecular formula is C15H21NO4. The minimum atomic E-state index is -0.860. The van der Waals surface area contributed by atoms with Crippen LogP contribution in [0.2, 0.25) is 0 Å². The first kappa shape index (κ1) is 16.0. The van der Waals surface area contributed by atoms with Crippen molar-refractivity contribution in [2.75, 3.05) is 13.2 Å². The molecule has 20 heavy (non-hydrogen) atoms. The molecule has 0 saturated heterocycles. The Kier molecular flexibility index (Phi) is 6.03. The maximum absolute atomic E-state index is 11.6. The average molecular weight is 279 g/mol. The van der Waals surface area contributed by atoms with Crippen LogP contribution in [0, 0.1) is 20.8 Å². The van der Waals surface area contributed by atoms with Crippen molar-refractivity contribution in [2.24, 2.45) is 0 Å². The third-order valence-corrected chi connectivity index (χ3v) is 3.11. The van der Waals surface area contributed by atoms with E-state index in [0.717, 1.165) is 22.4 Å². The van der Waals surface area contributed by atoms with Gasteiger partial charge in [-0.2, -0.15) is 0 Å². The van der Waals surface area contributed by atoms with Crippen LogP contribution in [0.3, 0.4) is 0 Å². The summed E-state index contributed by atoms with van der Waals surface area (Å²) in [5.41, 5.74) is 3.14. The van der Waals surface area contributed by atoms with Crippen LogP contribution in [0.25, 0.3) is 0 Å². The molecule has 2 N–H and O–H groups in total. The second kappa shape index (κ2) is 7.53. The van der Waals surface area contributed by atoms with Crippen LogP contribution in [0.1, 0.15) is 29.5 Å². The zero-order chi connectivity index (χ0) is 15.1. The summed E-state index contributed by atoms with van der Waals surface area (Å²) in [5, 5.41) is 11.1. The molecule has 1 amide bonds. The lowest BCUT2D eigenvalue weighted by molar-refractivity contribution is -0.137. The highest BCUT2D eigenvalue weighted by Crippen LogP contribution is 2.25. The molecule has 0 aliphatic heterocycles. The average Bonchev–Trinajstić information content (AvgIpc) is 2.39. The lowest BCUT2D eigenvalue weighted by atomic mass is 10.1. The van der Waals surface area contributed by atoms with Crippen LogP contribution < -0.4 is 10.1 Å². The van der Waals surface area contributed by atoms with Crippen LogP contribution in [-0.2, 0) is 9.59 Å². The third-order valence-electron chi connectivity index (χ3n) is 3.11. The predicted molar refractivity (Wildman–Crippen MR) is 76.0 cm³/mol. The maximum Gasteiger partial charge on any atom is 0.303 e. The summed E-state index contributed by atoms with van der Waals surface area (Å²) in [4.78, 5) is 21.9. The van der Waals surface area contributed by atoms with Gasteiger partial charge in [-0.1, -0.05) is 12.1 Å². The Morgan fingerprint density at radius 1 is 1.20 bits per heavy atom. The highest BCUT2D eigenvalue weighted by Gasteiger charge is 2.09. The van der Waals surface area contributed by atoms with Crippen molar-refractivity contribution in [2.45, 2.75) is 33.6 Å². The van der Waals surface area contributed by atoms with E-state index in [1.807, 2.05) is 32.9 Å². The van der Waals surface area contributed by atoms with Gasteiger partial charge < -0.3 is 15.2 Å². The Labute approximate surface area is 118 Å². The van der Waals surface area contributed by atoms with Gasteiger partial charge in [0, 0.05) is 13.0 Å². The first-order chi connectivity index (χ1) is 9.41. The van der Waals surface area contributed by atoms with Crippen molar-refractivity contribution in [3.63, 3.8) is 0 Å². The van der Waals surface area contributed by atoms with E-state index in [0.29, 0.717) is 13.0 Å². The second-order valence-electron chi connectivity index (χ2n) is 4.79. The van der Waals surface area contributed by atoms with E-state index in [1.165, 1.54) is 0 Å². The zero-order valence-corrected chi connectivity index (χ0v) is 12.2. The van der Waals surface area contributed by atoms with Crippen LogP contribution in [0.5, 0.6) is 5.75 Å². The zero-order valence-electron chi connectivity index (χ0n) is 12.2. The standard InChI is InChI=1S/C15H21NO4/c1-10-6-7-11(2)15(12(10)3)20-9-13(17)16-8-4-5-14(18)19/h6-7H,4-5,8-9H2,1-3H3,(H,16,17)(H,18,19). The number of benzene rings is 1. The quantitative estimate of drug-likeness (QED) is 0.748. The summed E-state index contributed by atoms with van der Waals surface area (Å²) >= 11 is 0. The number of hydrogen-bond acceptors (Lipinski definition) is 3. The highest BCUT2D eigenvalue weighted by atomic mass is 16.5. The van der Waals surface area contributed by atoms with Crippen LogP contribution in [-0.4, -0.2) is 30.1 Å². The van der Waals surface area contributed by atoms with E-state index < -0.39 is 5.97 Å². The molecule has 110 valence electrons. The van der Waals surface area contributed by atoms with Crippen molar-refractivity contribution in [1.29, 1.82) is 0 Å². The molecule has 1 rings (SSSR count). The molecule has 0 spiro atoms. The molecule has 0 atom stereocenters. The lowest BCUT2D eigenvalue weighted by Gasteiger charge is -2.13. The first-order valence-electron chi connectivity index (χ1n) is 6.60. The molecule has 5 nitrogen and oxygen atoms in total. The third kappa shape index (κ3) is 4.91. The Bertz CT molecular complexity index is 497. The number of carbonyl (C=O) groups excluding carboxylic acids is 1. The number of carboxylic acid groups (broad SMARTS) is 1. The van der Waals surface area contributed by atoms with Crippen LogP contribution >= 0.6 is 0 Å². The summed E-state index contributed by atoms with van der Waals surface area (Å²) in [6.45, 7) is 6.18. The van der Waals surface area contributed by atoms with Gasteiger partial charge in [0.25, 0.3) is 5.91 Å². The smallest absolute Gasteiger partial charge is 0.303 e. The normalized spacial score (nSPS) is 10.2. The summed E-state index contributed by atoms with van der Waals surface area (Å²) in [7, 11) is 0. The SMILES string of the molecule is Cc1ccc(C)c(OCC(=O)NCCCC(=O)O)c1C. The maximum atomic E-state index is 11.6. The fourth-order valence-corrected chi connectivity index (χ4v) is 1.80. The summed E-state index contributed by atoms with van der Waals surface area (Å²) in [5.74, 6) is -0.358. The van der Waals surface area contributed by atoms with E-state index in [4.69, 9.17) is 9.84 Å². The highest BCUT2D eigenvalue weighted by molar-refractivity contribution is 5.77. The van der Waals surface area contributed by atoms with Crippen molar-refractivity contribution < 1.29 is 19.4 Å². The van der Waals surface area contributed by atoms with Crippen molar-refractivity contribution in [3.05, 3.63) is 28.8 Å². The number of hydrogen-bond donors (Lipinski definition) is 2. The number of amides is 1. The Hall–Kier alpha value is -2.04. The molecule has 1 aromatic carbocycles. The fraction of sp³-hybridized carbons (Fsp3) is 0.467. The van der Waals surface area contributed by atoms with E-state index >= 15 is 0 Å². The van der Waals surface area contributed by atoms with E-state index in [1.54, 1.807) is 0 Å². The molecule has 0 heterocycles. The number of rotatable bonds is 7. The number of nitrogens with one attached hydrogen (secondary N) is 1. The first-order valence-corrected chi connectivity index (χ1v) is 6.60. The van der Waals surface area contributed by atoms with Gasteiger partial charge in [0.05, 0.1) is 0 Å². The van der Waals surface area contributed by atoms with Gasteiger partial charge in [-0.25, -0.2) is 0 Å². The molecule has 0 aliphatic carbocycles. The van der Waals surface area contributed by atoms with E-state index in [9.17, 15) is 9.59 Å². The van der Waals surface area contributed by atoms with Gasteiger partial charge >= 0.3 is 5.97 Å². The molecule has 0 unspecified atom stereocenters. The summed E-state index contributed by atoms with van der Waals surface area (Å²) in [6.07, 6.45) is 0.473. The molecule has 0 aliphatic rings. The van der Waals surface area contributed by atoms with Crippen molar-refractivity contribution in [1.82, 2.24) is 5.32 Å². The van der Waals surface area contributed by atoms with Crippen LogP contribution in [0.15, 0.2) is 12.1 Å². The van der Waals surface area contributed by atoms with E-state index in [2.05, 4.69) is 5.32 Å².